The van der Waals surface area contributed by atoms with E-state index in [9.17, 15) is 13.2 Å². The summed E-state index contributed by atoms with van der Waals surface area (Å²) >= 11 is 0. The number of benzene rings is 1. The van der Waals surface area contributed by atoms with E-state index in [-0.39, 0.29) is 11.8 Å². The Balaban J connectivity index is 1.95. The van der Waals surface area contributed by atoms with Crippen LogP contribution >= 0.6 is 0 Å². The van der Waals surface area contributed by atoms with Crippen LogP contribution in [0.2, 0.25) is 0 Å². The highest BCUT2D eigenvalue weighted by atomic mass is 32.2. The zero-order valence-corrected chi connectivity index (χ0v) is 11.4. The molecule has 0 bridgehead atoms. The summed E-state index contributed by atoms with van der Waals surface area (Å²) in [6.07, 6.45) is 4.41. The summed E-state index contributed by atoms with van der Waals surface area (Å²) in [6, 6.07) is 8.53. The van der Waals surface area contributed by atoms with Crippen LogP contribution in [0.1, 0.15) is 25.7 Å². The zero-order chi connectivity index (χ0) is 13.5. The highest BCUT2D eigenvalue weighted by Crippen LogP contribution is 2.41. The van der Waals surface area contributed by atoms with E-state index in [1.165, 1.54) is 0 Å². The molecule has 19 heavy (non-hydrogen) atoms. The zero-order valence-electron chi connectivity index (χ0n) is 10.6. The molecule has 1 aromatic carbocycles. The second-order valence-corrected chi connectivity index (χ2v) is 7.27. The monoisotopic (exact) mass is 276 g/mol. The first-order valence-electron chi connectivity index (χ1n) is 6.62. The Bertz CT molecular complexity index is 629. The van der Waals surface area contributed by atoms with Crippen LogP contribution < -0.4 is 0 Å². The molecule has 0 radical (unpaired) electrons. The number of sulfone groups is 1. The standard InChI is InChI=1S/C15H16O3S/c16-15-9-6-11-10-13(7-8-14(11)15)19(17,18)12-4-2-1-3-5-12/h1-5,10-11,14H,6-9H2/t11-,14+/m1/s1. The predicted octanol–water partition coefficient (Wildman–Crippen LogP) is 2.73. The van der Waals surface area contributed by atoms with Crippen molar-refractivity contribution in [2.24, 2.45) is 11.8 Å². The number of ketones is 1. The summed E-state index contributed by atoms with van der Waals surface area (Å²) in [6.45, 7) is 0. The minimum absolute atomic E-state index is 0.0646. The maximum Gasteiger partial charge on any atom is 0.202 e. The molecule has 1 saturated carbocycles. The van der Waals surface area contributed by atoms with Crippen LogP contribution in [0.5, 0.6) is 0 Å². The summed E-state index contributed by atoms with van der Waals surface area (Å²) < 4.78 is 25.0. The number of carbonyl (C=O) groups is 1. The Morgan fingerprint density at radius 1 is 1.00 bits per heavy atom. The normalized spacial score (nSPS) is 26.9. The number of fused-ring (bicyclic) bond motifs is 1. The Morgan fingerprint density at radius 3 is 2.47 bits per heavy atom. The van der Waals surface area contributed by atoms with Crippen molar-refractivity contribution in [2.45, 2.75) is 30.6 Å². The van der Waals surface area contributed by atoms with E-state index in [1.807, 2.05) is 6.08 Å². The van der Waals surface area contributed by atoms with Crippen molar-refractivity contribution in [3.8, 4) is 0 Å². The summed E-state index contributed by atoms with van der Waals surface area (Å²) in [5.74, 6) is 0.502. The van der Waals surface area contributed by atoms with E-state index in [4.69, 9.17) is 0 Å². The van der Waals surface area contributed by atoms with E-state index in [1.54, 1.807) is 30.3 Å². The van der Waals surface area contributed by atoms with Gasteiger partial charge in [-0.3, -0.25) is 4.79 Å². The van der Waals surface area contributed by atoms with Gasteiger partial charge in [0, 0.05) is 17.2 Å². The topological polar surface area (TPSA) is 51.2 Å². The molecular formula is C15H16O3S. The lowest BCUT2D eigenvalue weighted by molar-refractivity contribution is -0.121. The van der Waals surface area contributed by atoms with Crippen molar-refractivity contribution >= 4 is 15.6 Å². The van der Waals surface area contributed by atoms with Crippen molar-refractivity contribution in [1.82, 2.24) is 0 Å². The number of Topliss-reactive ketones (excluding diaryl/α,β-unsaturated/α-hetero) is 1. The maximum atomic E-state index is 12.5. The SMILES string of the molecule is O=C1CC[C@@H]2C=C(S(=O)(=O)c3ccccc3)CC[C@H]12. The smallest absolute Gasteiger partial charge is 0.202 e. The number of hydrogen-bond donors (Lipinski definition) is 0. The third-order valence-corrected chi connectivity index (χ3v) is 6.08. The van der Waals surface area contributed by atoms with Crippen molar-refractivity contribution in [2.75, 3.05) is 0 Å². The number of allylic oxidation sites excluding steroid dienone is 2. The van der Waals surface area contributed by atoms with Crippen LogP contribution in [-0.2, 0) is 14.6 Å². The molecule has 0 amide bonds. The quantitative estimate of drug-likeness (QED) is 0.834. The average Bonchev–Trinajstić information content (AvgIpc) is 2.81. The van der Waals surface area contributed by atoms with E-state index in [2.05, 4.69) is 0 Å². The van der Waals surface area contributed by atoms with E-state index in [0.29, 0.717) is 34.8 Å². The Hall–Kier alpha value is -1.42. The molecule has 0 saturated heterocycles. The van der Waals surface area contributed by atoms with Crippen molar-refractivity contribution in [1.29, 1.82) is 0 Å². The fraction of sp³-hybridized carbons (Fsp3) is 0.400. The molecular weight excluding hydrogens is 260 g/mol. The van der Waals surface area contributed by atoms with Gasteiger partial charge >= 0.3 is 0 Å². The Labute approximate surface area is 113 Å². The molecule has 2 aliphatic carbocycles. The van der Waals surface area contributed by atoms with Crippen LogP contribution in [0.3, 0.4) is 0 Å². The Kier molecular flexibility index (Phi) is 3.05. The van der Waals surface area contributed by atoms with Gasteiger partial charge in [0.25, 0.3) is 0 Å². The fourth-order valence-corrected chi connectivity index (χ4v) is 4.66. The average molecular weight is 276 g/mol. The van der Waals surface area contributed by atoms with Crippen LogP contribution in [0.25, 0.3) is 0 Å². The van der Waals surface area contributed by atoms with Gasteiger partial charge in [0.15, 0.2) is 0 Å². The molecule has 2 aliphatic rings. The molecule has 0 unspecified atom stereocenters. The van der Waals surface area contributed by atoms with Gasteiger partial charge in [-0.25, -0.2) is 8.42 Å². The molecule has 0 heterocycles. The largest absolute Gasteiger partial charge is 0.299 e. The molecule has 0 N–H and O–H groups in total. The molecule has 0 aromatic heterocycles. The van der Waals surface area contributed by atoms with Crippen molar-refractivity contribution < 1.29 is 13.2 Å². The lowest BCUT2D eigenvalue weighted by Gasteiger charge is -2.23. The van der Waals surface area contributed by atoms with Crippen LogP contribution in [0.4, 0.5) is 0 Å². The van der Waals surface area contributed by atoms with Gasteiger partial charge in [0.2, 0.25) is 9.84 Å². The van der Waals surface area contributed by atoms with E-state index in [0.717, 1.165) is 6.42 Å². The molecule has 100 valence electrons. The molecule has 3 nitrogen and oxygen atoms in total. The van der Waals surface area contributed by atoms with Crippen molar-refractivity contribution in [3.63, 3.8) is 0 Å². The van der Waals surface area contributed by atoms with Gasteiger partial charge in [-0.2, -0.15) is 0 Å². The number of rotatable bonds is 2. The molecule has 1 fully saturated rings. The summed E-state index contributed by atoms with van der Waals surface area (Å²) in [5.41, 5.74) is 0. The lowest BCUT2D eigenvalue weighted by atomic mass is 9.86. The lowest BCUT2D eigenvalue weighted by Crippen LogP contribution is -2.20. The Morgan fingerprint density at radius 2 is 1.74 bits per heavy atom. The van der Waals surface area contributed by atoms with Gasteiger partial charge in [-0.05, 0) is 37.3 Å². The first kappa shape index (κ1) is 12.6. The minimum atomic E-state index is -3.37. The van der Waals surface area contributed by atoms with Gasteiger partial charge in [0.1, 0.15) is 5.78 Å². The van der Waals surface area contributed by atoms with Gasteiger partial charge in [0.05, 0.1) is 4.90 Å². The summed E-state index contributed by atoms with van der Waals surface area (Å²) in [4.78, 5) is 12.5. The molecule has 1 aromatic rings. The van der Waals surface area contributed by atoms with Gasteiger partial charge in [-0.15, -0.1) is 0 Å². The first-order chi connectivity index (χ1) is 9.09. The maximum absolute atomic E-state index is 12.5. The molecule has 4 heteroatoms. The molecule has 0 aliphatic heterocycles. The molecule has 3 rings (SSSR count). The predicted molar refractivity (Wildman–Crippen MR) is 72.2 cm³/mol. The van der Waals surface area contributed by atoms with Gasteiger partial charge < -0.3 is 0 Å². The molecule has 0 spiro atoms. The highest BCUT2D eigenvalue weighted by molar-refractivity contribution is 7.95. The first-order valence-corrected chi connectivity index (χ1v) is 8.11. The molecule has 2 atom stereocenters. The number of carbonyl (C=O) groups excluding carboxylic acids is 1. The number of hydrogen-bond acceptors (Lipinski definition) is 3. The van der Waals surface area contributed by atoms with Crippen molar-refractivity contribution in [3.05, 3.63) is 41.3 Å². The highest BCUT2D eigenvalue weighted by Gasteiger charge is 2.38. The second kappa shape index (κ2) is 4.60. The van der Waals surface area contributed by atoms with E-state index < -0.39 is 9.84 Å². The van der Waals surface area contributed by atoms with Crippen LogP contribution in [0.15, 0.2) is 46.2 Å². The summed E-state index contributed by atoms with van der Waals surface area (Å²) in [7, 11) is -3.37. The van der Waals surface area contributed by atoms with Gasteiger partial charge in [-0.1, -0.05) is 24.3 Å². The third-order valence-electron chi connectivity index (χ3n) is 4.15. The minimum Gasteiger partial charge on any atom is -0.299 e. The fourth-order valence-electron chi connectivity index (χ4n) is 3.10. The van der Waals surface area contributed by atoms with E-state index >= 15 is 0 Å². The third kappa shape index (κ3) is 2.14. The summed E-state index contributed by atoms with van der Waals surface area (Å²) in [5, 5.41) is 0. The second-order valence-electron chi connectivity index (χ2n) is 5.26. The van der Waals surface area contributed by atoms with Crippen LogP contribution in [-0.4, -0.2) is 14.2 Å². The van der Waals surface area contributed by atoms with Crippen LogP contribution in [0, 0.1) is 11.8 Å².